The molecule has 0 saturated carbocycles. The Kier molecular flexibility index (Phi) is 8.96. The number of likely N-dealkylation sites (tertiary alicyclic amines) is 1. The van der Waals surface area contributed by atoms with Gasteiger partial charge in [0.25, 0.3) is 5.91 Å². The Balaban J connectivity index is 1.46. The number of anilines is 1. The van der Waals surface area contributed by atoms with Crippen LogP contribution in [0.4, 0.5) is 10.5 Å². The number of nitrogens with one attached hydrogen (secondary N) is 1. The summed E-state index contributed by atoms with van der Waals surface area (Å²) in [7, 11) is 0. The zero-order valence-corrected chi connectivity index (χ0v) is 23.6. The first kappa shape index (κ1) is 28.3. The number of ether oxygens (including phenoxy) is 2. The maximum atomic E-state index is 12.6. The lowest BCUT2D eigenvalue weighted by molar-refractivity contribution is -0.114. The smallest absolute Gasteiger partial charge is 0.410 e. The summed E-state index contributed by atoms with van der Waals surface area (Å²) in [6, 6.07) is 12.6. The summed E-state index contributed by atoms with van der Waals surface area (Å²) in [6.45, 7) is 6.58. The number of hydrogen-bond donors (Lipinski definition) is 1. The number of halogens is 3. The molecule has 0 radical (unpaired) electrons. The Morgan fingerprint density at radius 3 is 2.68 bits per heavy atom. The minimum absolute atomic E-state index is 0.222. The summed E-state index contributed by atoms with van der Waals surface area (Å²) in [5.41, 5.74) is 2.10. The molecular formula is C27H30Cl3N3O5. The Labute approximate surface area is 237 Å². The minimum Gasteiger partial charge on any atom is -0.488 e. The predicted octanol–water partition coefficient (Wildman–Crippen LogP) is 6.73. The molecule has 1 saturated heterocycles. The van der Waals surface area contributed by atoms with Gasteiger partial charge in [-0.3, -0.25) is 4.79 Å². The van der Waals surface area contributed by atoms with Crippen molar-refractivity contribution >= 4 is 58.2 Å². The number of carbonyl (C=O) groups excluding carboxylic acids is 2. The molecule has 0 bridgehead atoms. The largest absolute Gasteiger partial charge is 0.488 e. The van der Waals surface area contributed by atoms with E-state index in [1.54, 1.807) is 29.2 Å². The predicted molar refractivity (Wildman–Crippen MR) is 148 cm³/mol. The van der Waals surface area contributed by atoms with Crippen LogP contribution in [0.1, 0.15) is 57.3 Å². The van der Waals surface area contributed by atoms with Gasteiger partial charge in [-0.1, -0.05) is 58.2 Å². The highest BCUT2D eigenvalue weighted by atomic mass is 35.5. The van der Waals surface area contributed by atoms with E-state index >= 15 is 0 Å². The second kappa shape index (κ2) is 12.0. The van der Waals surface area contributed by atoms with Crippen LogP contribution >= 0.6 is 34.8 Å². The lowest BCUT2D eigenvalue weighted by atomic mass is 9.99. The average molecular weight is 583 g/mol. The minimum atomic E-state index is -1.17. The van der Waals surface area contributed by atoms with Gasteiger partial charge in [0.1, 0.15) is 17.5 Å². The van der Waals surface area contributed by atoms with Gasteiger partial charge in [0.2, 0.25) is 0 Å². The molecule has 204 valence electrons. The summed E-state index contributed by atoms with van der Waals surface area (Å²) in [5, 5.41) is 7.47. The lowest BCUT2D eigenvalue weighted by Gasteiger charge is -2.34. The summed E-state index contributed by atoms with van der Waals surface area (Å²) in [4.78, 5) is 30.7. The number of rotatable bonds is 6. The summed E-state index contributed by atoms with van der Waals surface area (Å²) < 4.78 is 11.9. The molecule has 4 rings (SSSR count). The first-order valence-corrected chi connectivity index (χ1v) is 13.6. The van der Waals surface area contributed by atoms with Crippen LogP contribution in [0.15, 0.2) is 47.6 Å². The van der Waals surface area contributed by atoms with E-state index in [4.69, 9.17) is 49.1 Å². The number of oxime groups is 1. The van der Waals surface area contributed by atoms with Crippen molar-refractivity contribution in [2.24, 2.45) is 5.16 Å². The zero-order valence-electron chi connectivity index (χ0n) is 21.4. The van der Waals surface area contributed by atoms with Crippen molar-refractivity contribution in [3.63, 3.8) is 0 Å². The van der Waals surface area contributed by atoms with Crippen LogP contribution in [0.3, 0.4) is 0 Å². The Morgan fingerprint density at radius 1 is 1.18 bits per heavy atom. The van der Waals surface area contributed by atoms with E-state index < -0.39 is 16.3 Å². The van der Waals surface area contributed by atoms with Crippen molar-refractivity contribution < 1.29 is 23.9 Å². The quantitative estimate of drug-likeness (QED) is 0.382. The topological polar surface area (TPSA) is 89.5 Å². The maximum Gasteiger partial charge on any atom is 0.410 e. The van der Waals surface area contributed by atoms with Crippen molar-refractivity contribution in [3.05, 3.63) is 58.6 Å². The molecule has 2 atom stereocenters. The van der Waals surface area contributed by atoms with E-state index in [1.165, 1.54) is 0 Å². The van der Waals surface area contributed by atoms with Gasteiger partial charge < -0.3 is 24.5 Å². The van der Waals surface area contributed by atoms with Gasteiger partial charge in [-0.15, -0.1) is 0 Å². The van der Waals surface area contributed by atoms with Crippen molar-refractivity contribution in [1.29, 1.82) is 0 Å². The van der Waals surface area contributed by atoms with Gasteiger partial charge in [0.15, 0.2) is 10.9 Å². The third-order valence-corrected chi connectivity index (χ3v) is 6.69. The molecule has 0 spiro atoms. The van der Waals surface area contributed by atoms with Gasteiger partial charge in [-0.2, -0.15) is 0 Å². The molecule has 2 aliphatic rings. The highest BCUT2D eigenvalue weighted by Gasteiger charge is 2.31. The van der Waals surface area contributed by atoms with Crippen LogP contribution in [0, 0.1) is 0 Å². The number of carbonyl (C=O) groups is 2. The van der Waals surface area contributed by atoms with Crippen molar-refractivity contribution in [2.75, 3.05) is 18.4 Å². The first-order valence-electron chi connectivity index (χ1n) is 12.4. The molecule has 38 heavy (non-hydrogen) atoms. The van der Waals surface area contributed by atoms with E-state index in [-0.39, 0.29) is 18.3 Å². The van der Waals surface area contributed by atoms with E-state index in [9.17, 15) is 9.59 Å². The lowest BCUT2D eigenvalue weighted by Crippen LogP contribution is -2.46. The summed E-state index contributed by atoms with van der Waals surface area (Å²) >= 11 is 17.9. The SMILES string of the molecule is CC(C)(C)OC(=O)N1CCCC(Oc2cccc(Cl)c2C2=NOC(c3cccc(NC(=O)C(Cl)Cl)c3)C2)C1. The van der Waals surface area contributed by atoms with Gasteiger partial charge >= 0.3 is 6.09 Å². The fraction of sp³-hybridized carbons (Fsp3) is 0.444. The molecule has 2 amide bonds. The number of piperidine rings is 1. The molecule has 2 unspecified atom stereocenters. The Morgan fingerprint density at radius 2 is 1.95 bits per heavy atom. The standard InChI is InChI=1S/C27H30Cl3N3O5/c1-27(2,3)37-26(35)33-12-6-9-18(15-33)36-21-11-5-10-19(28)23(21)20-14-22(38-32-20)16-7-4-8-17(13-16)31-25(34)24(29)30/h4-5,7-8,10-11,13,18,22,24H,6,9,12,14-15H2,1-3H3,(H,31,34). The van der Waals surface area contributed by atoms with E-state index in [0.29, 0.717) is 47.2 Å². The molecule has 8 nitrogen and oxygen atoms in total. The molecule has 0 aromatic heterocycles. The summed E-state index contributed by atoms with van der Waals surface area (Å²) in [6.07, 6.45) is 1.08. The van der Waals surface area contributed by atoms with E-state index in [2.05, 4.69) is 10.5 Å². The molecule has 1 fully saturated rings. The number of nitrogens with zero attached hydrogens (tertiary/aromatic N) is 2. The molecule has 1 N–H and O–H groups in total. The number of alkyl halides is 2. The van der Waals surface area contributed by atoms with Crippen LogP contribution in [-0.4, -0.2) is 52.2 Å². The van der Waals surface area contributed by atoms with Gasteiger partial charge in [0.05, 0.1) is 22.8 Å². The summed E-state index contributed by atoms with van der Waals surface area (Å²) in [5.74, 6) is 0.0633. The number of benzene rings is 2. The normalized spacial score (nSPS) is 19.6. The third kappa shape index (κ3) is 7.24. The highest BCUT2D eigenvalue weighted by molar-refractivity contribution is 6.54. The number of amides is 2. The van der Waals surface area contributed by atoms with E-state index in [0.717, 1.165) is 18.4 Å². The molecule has 2 aromatic rings. The van der Waals surface area contributed by atoms with Crippen LogP contribution < -0.4 is 10.1 Å². The van der Waals surface area contributed by atoms with Crippen molar-refractivity contribution in [1.82, 2.24) is 4.90 Å². The van der Waals surface area contributed by atoms with Crippen LogP contribution in [0.5, 0.6) is 5.75 Å². The fourth-order valence-electron chi connectivity index (χ4n) is 4.31. The average Bonchev–Trinajstić information content (AvgIpc) is 3.33. The maximum absolute atomic E-state index is 12.6. The van der Waals surface area contributed by atoms with Crippen molar-refractivity contribution in [2.45, 2.75) is 62.7 Å². The second-order valence-electron chi connectivity index (χ2n) is 10.2. The van der Waals surface area contributed by atoms with E-state index in [1.807, 2.05) is 39.0 Å². The van der Waals surface area contributed by atoms with Gasteiger partial charge in [-0.05, 0) is 63.4 Å². The number of hydrogen-bond acceptors (Lipinski definition) is 6. The molecule has 2 heterocycles. The monoisotopic (exact) mass is 581 g/mol. The van der Waals surface area contributed by atoms with Crippen LogP contribution in [0.25, 0.3) is 0 Å². The highest BCUT2D eigenvalue weighted by Crippen LogP contribution is 2.37. The molecule has 0 aliphatic carbocycles. The first-order chi connectivity index (χ1) is 18.0. The fourth-order valence-corrected chi connectivity index (χ4v) is 4.69. The van der Waals surface area contributed by atoms with Crippen molar-refractivity contribution in [3.8, 4) is 5.75 Å². The molecule has 11 heteroatoms. The van der Waals surface area contributed by atoms with Gasteiger partial charge in [-0.25, -0.2) is 4.79 Å². The Bertz CT molecular complexity index is 1210. The van der Waals surface area contributed by atoms with Crippen LogP contribution in [-0.2, 0) is 14.4 Å². The second-order valence-corrected chi connectivity index (χ2v) is 11.7. The Hall–Kier alpha value is -2.68. The molecular weight excluding hydrogens is 553 g/mol. The zero-order chi connectivity index (χ0) is 27.4. The third-order valence-electron chi connectivity index (χ3n) is 5.98. The molecule has 2 aromatic carbocycles. The molecule has 2 aliphatic heterocycles. The van der Waals surface area contributed by atoms with Gasteiger partial charge in [0, 0.05) is 18.7 Å². The van der Waals surface area contributed by atoms with Crippen LogP contribution in [0.2, 0.25) is 5.02 Å².